The summed E-state index contributed by atoms with van der Waals surface area (Å²) in [4.78, 5) is 43.1. The average molecular weight is 379 g/mol. The van der Waals surface area contributed by atoms with Crippen LogP contribution in [0, 0.1) is 12.7 Å². The van der Waals surface area contributed by atoms with Crippen molar-refractivity contribution < 1.29 is 14.0 Å². The van der Waals surface area contributed by atoms with Crippen LogP contribution < -0.4 is 10.5 Å². The van der Waals surface area contributed by atoms with Crippen LogP contribution in [-0.2, 0) is 4.79 Å². The number of pyridine rings is 1. The Balaban J connectivity index is 1.60. The van der Waals surface area contributed by atoms with E-state index < -0.39 is 17.3 Å². The number of amides is 2. The maximum Gasteiger partial charge on any atom is 0.255 e. The number of anilines is 1. The van der Waals surface area contributed by atoms with Gasteiger partial charge >= 0.3 is 0 Å². The van der Waals surface area contributed by atoms with Crippen LogP contribution in [0.2, 0.25) is 0 Å². The van der Waals surface area contributed by atoms with Crippen molar-refractivity contribution in [1.29, 1.82) is 0 Å². The van der Waals surface area contributed by atoms with Gasteiger partial charge in [-0.25, -0.2) is 4.39 Å². The van der Waals surface area contributed by atoms with Gasteiger partial charge in [-0.3, -0.25) is 14.4 Å². The summed E-state index contributed by atoms with van der Waals surface area (Å²) in [5, 5.41) is 0.444. The van der Waals surface area contributed by atoms with Crippen molar-refractivity contribution in [1.82, 2.24) is 9.88 Å². The number of hydrogen-bond donors (Lipinski definition) is 1. The van der Waals surface area contributed by atoms with Gasteiger partial charge in [-0.2, -0.15) is 0 Å². The normalized spacial score (nSPS) is 14.6. The summed E-state index contributed by atoms with van der Waals surface area (Å²) in [6.07, 6.45) is 0. The van der Waals surface area contributed by atoms with E-state index in [-0.39, 0.29) is 23.5 Å². The summed E-state index contributed by atoms with van der Waals surface area (Å²) in [5.74, 6) is -1.11. The first-order valence-electron chi connectivity index (χ1n) is 8.91. The SMILES string of the molecule is Cc1ccc(N2CCN(C(=O)c3cc(=O)[nH]c4cc(F)ccc34)CC2=O)cc1. The summed E-state index contributed by atoms with van der Waals surface area (Å²) in [7, 11) is 0. The lowest BCUT2D eigenvalue weighted by Crippen LogP contribution is -2.52. The maximum atomic E-state index is 13.5. The lowest BCUT2D eigenvalue weighted by Gasteiger charge is -2.34. The number of benzene rings is 2. The molecule has 28 heavy (non-hydrogen) atoms. The molecule has 7 heteroatoms. The number of halogens is 1. The van der Waals surface area contributed by atoms with E-state index in [0.717, 1.165) is 11.3 Å². The molecule has 2 aromatic carbocycles. The van der Waals surface area contributed by atoms with Crippen LogP contribution in [-0.4, -0.2) is 41.3 Å². The van der Waals surface area contributed by atoms with Crippen molar-refractivity contribution in [3.63, 3.8) is 0 Å². The topological polar surface area (TPSA) is 73.5 Å². The number of piperazine rings is 1. The minimum Gasteiger partial charge on any atom is -0.328 e. The van der Waals surface area contributed by atoms with Gasteiger partial charge in [0.15, 0.2) is 0 Å². The summed E-state index contributed by atoms with van der Waals surface area (Å²) in [5.41, 5.74) is 1.81. The van der Waals surface area contributed by atoms with Crippen LogP contribution in [0.4, 0.5) is 10.1 Å². The van der Waals surface area contributed by atoms with Crippen LogP contribution in [0.3, 0.4) is 0 Å². The Kier molecular flexibility index (Phi) is 4.43. The van der Waals surface area contributed by atoms with Crippen molar-refractivity contribution in [3.8, 4) is 0 Å². The minimum absolute atomic E-state index is 0.0812. The molecule has 142 valence electrons. The molecular weight excluding hydrogens is 361 g/mol. The molecular formula is C21H18FN3O3. The molecule has 0 bridgehead atoms. The zero-order valence-corrected chi connectivity index (χ0v) is 15.2. The number of nitrogens with one attached hydrogen (secondary N) is 1. The number of H-pyrrole nitrogens is 1. The molecule has 1 aliphatic heterocycles. The molecule has 1 fully saturated rings. The van der Waals surface area contributed by atoms with Gasteiger partial charge in [-0.05, 0) is 37.3 Å². The molecule has 1 aliphatic rings. The van der Waals surface area contributed by atoms with Gasteiger partial charge in [0, 0.05) is 30.2 Å². The molecule has 0 aliphatic carbocycles. The Morgan fingerprint density at radius 3 is 2.50 bits per heavy atom. The number of carbonyl (C=O) groups is 2. The van der Waals surface area contributed by atoms with E-state index in [1.807, 2.05) is 31.2 Å². The summed E-state index contributed by atoms with van der Waals surface area (Å²) in [6, 6.07) is 12.7. The number of aromatic amines is 1. The molecule has 0 radical (unpaired) electrons. The monoisotopic (exact) mass is 379 g/mol. The van der Waals surface area contributed by atoms with Crippen LogP contribution >= 0.6 is 0 Å². The van der Waals surface area contributed by atoms with Gasteiger partial charge in [-0.1, -0.05) is 17.7 Å². The van der Waals surface area contributed by atoms with Crippen molar-refractivity contribution in [2.45, 2.75) is 6.92 Å². The Morgan fingerprint density at radius 1 is 1.04 bits per heavy atom. The highest BCUT2D eigenvalue weighted by Crippen LogP contribution is 2.21. The second-order valence-corrected chi connectivity index (χ2v) is 6.84. The van der Waals surface area contributed by atoms with Crippen molar-refractivity contribution in [3.05, 3.63) is 75.8 Å². The molecule has 1 aromatic heterocycles. The third-order valence-electron chi connectivity index (χ3n) is 4.89. The molecule has 0 saturated carbocycles. The fraction of sp³-hybridized carbons (Fsp3) is 0.190. The van der Waals surface area contributed by atoms with E-state index in [2.05, 4.69) is 4.98 Å². The van der Waals surface area contributed by atoms with Gasteiger partial charge in [0.2, 0.25) is 11.5 Å². The number of carbonyl (C=O) groups excluding carboxylic acids is 2. The van der Waals surface area contributed by atoms with Crippen molar-refractivity contribution in [2.24, 2.45) is 0 Å². The number of hydrogen-bond acceptors (Lipinski definition) is 3. The molecule has 2 amide bonds. The minimum atomic E-state index is -0.505. The van der Waals surface area contributed by atoms with Crippen LogP contribution in [0.1, 0.15) is 15.9 Å². The standard InChI is InChI=1S/C21H18FN3O3/c1-13-2-5-15(6-3-13)25-9-8-24(12-20(25)27)21(28)17-11-19(26)23-18-10-14(22)4-7-16(17)18/h2-7,10-11H,8-9,12H2,1H3,(H,23,26). The first-order valence-corrected chi connectivity index (χ1v) is 8.91. The van der Waals surface area contributed by atoms with Crippen LogP contribution in [0.25, 0.3) is 10.9 Å². The van der Waals surface area contributed by atoms with Gasteiger partial charge in [-0.15, -0.1) is 0 Å². The third kappa shape index (κ3) is 3.26. The van der Waals surface area contributed by atoms with Gasteiger partial charge in [0.1, 0.15) is 12.4 Å². The molecule has 1 saturated heterocycles. The summed E-state index contributed by atoms with van der Waals surface area (Å²) >= 11 is 0. The van der Waals surface area contributed by atoms with Crippen molar-refractivity contribution in [2.75, 3.05) is 24.5 Å². The van der Waals surface area contributed by atoms with Gasteiger partial charge in [0.05, 0.1) is 11.1 Å². The molecule has 2 heterocycles. The molecule has 1 N–H and O–H groups in total. The van der Waals surface area contributed by atoms with Crippen LogP contribution in [0.15, 0.2) is 53.3 Å². The maximum absolute atomic E-state index is 13.5. The number of fused-ring (bicyclic) bond motifs is 1. The average Bonchev–Trinajstić information content (AvgIpc) is 2.67. The van der Waals surface area contributed by atoms with Crippen LogP contribution in [0.5, 0.6) is 0 Å². The second-order valence-electron chi connectivity index (χ2n) is 6.84. The Hall–Kier alpha value is -3.48. The lowest BCUT2D eigenvalue weighted by molar-refractivity contribution is -0.120. The van der Waals surface area contributed by atoms with E-state index in [9.17, 15) is 18.8 Å². The smallest absolute Gasteiger partial charge is 0.255 e. The number of rotatable bonds is 2. The number of aryl methyl sites for hydroxylation is 1. The number of nitrogens with zero attached hydrogens (tertiary/aromatic N) is 2. The molecule has 0 unspecified atom stereocenters. The first-order chi connectivity index (χ1) is 13.4. The first kappa shape index (κ1) is 17.9. The highest BCUT2D eigenvalue weighted by Gasteiger charge is 2.29. The van der Waals surface area contributed by atoms with Gasteiger partial charge in [0.25, 0.3) is 5.91 Å². The fourth-order valence-corrected chi connectivity index (χ4v) is 3.42. The van der Waals surface area contributed by atoms with Crippen molar-refractivity contribution >= 4 is 28.4 Å². The molecule has 0 atom stereocenters. The molecule has 0 spiro atoms. The molecule has 4 rings (SSSR count). The van der Waals surface area contributed by atoms with E-state index in [0.29, 0.717) is 18.5 Å². The summed E-state index contributed by atoms with van der Waals surface area (Å²) < 4.78 is 13.5. The Morgan fingerprint density at radius 2 is 1.79 bits per heavy atom. The highest BCUT2D eigenvalue weighted by molar-refractivity contribution is 6.08. The number of aromatic nitrogens is 1. The van der Waals surface area contributed by atoms with E-state index in [4.69, 9.17) is 0 Å². The van der Waals surface area contributed by atoms with E-state index >= 15 is 0 Å². The fourth-order valence-electron chi connectivity index (χ4n) is 3.42. The lowest BCUT2D eigenvalue weighted by atomic mass is 10.1. The third-order valence-corrected chi connectivity index (χ3v) is 4.89. The predicted octanol–water partition coefficient (Wildman–Crippen LogP) is 2.46. The Bertz CT molecular complexity index is 1140. The largest absolute Gasteiger partial charge is 0.328 e. The van der Waals surface area contributed by atoms with Gasteiger partial charge < -0.3 is 14.8 Å². The van der Waals surface area contributed by atoms with E-state index in [1.165, 1.54) is 29.2 Å². The summed E-state index contributed by atoms with van der Waals surface area (Å²) in [6.45, 7) is 2.60. The Labute approximate surface area is 160 Å². The zero-order chi connectivity index (χ0) is 19.8. The zero-order valence-electron chi connectivity index (χ0n) is 15.2. The molecule has 6 nitrogen and oxygen atoms in total. The van der Waals surface area contributed by atoms with E-state index in [1.54, 1.807) is 4.90 Å². The predicted molar refractivity (Wildman–Crippen MR) is 104 cm³/mol. The second kappa shape index (κ2) is 6.92. The quantitative estimate of drug-likeness (QED) is 0.743. The highest BCUT2D eigenvalue weighted by atomic mass is 19.1. The molecule has 3 aromatic rings.